The summed E-state index contributed by atoms with van der Waals surface area (Å²) in [5.74, 6) is 1.41. The minimum Gasteiger partial charge on any atom is -0.436 e. The van der Waals surface area contributed by atoms with E-state index in [0.29, 0.717) is 5.89 Å². The molecule has 3 heteroatoms. The van der Waals surface area contributed by atoms with Crippen molar-refractivity contribution in [3.05, 3.63) is 88.9 Å². The van der Waals surface area contributed by atoms with Gasteiger partial charge in [-0.05, 0) is 17.5 Å². The van der Waals surface area contributed by atoms with Crippen LogP contribution in [0, 0.1) is 0 Å². The van der Waals surface area contributed by atoms with E-state index in [1.807, 2.05) is 66.7 Å². The summed E-state index contributed by atoms with van der Waals surface area (Å²) in [5.41, 5.74) is 2.95. The van der Waals surface area contributed by atoms with Crippen LogP contribution < -0.4 is 0 Å². The van der Waals surface area contributed by atoms with Crippen LogP contribution in [-0.4, -0.2) is 4.98 Å². The highest BCUT2D eigenvalue weighted by Gasteiger charge is 2.15. The van der Waals surface area contributed by atoms with Crippen molar-refractivity contribution in [1.82, 2.24) is 4.98 Å². The minimum atomic E-state index is 0.612. The standard InChI is InChI=1S/C21H15NOS/c1-3-8-16(9-4-1)20-21(17-10-5-2-6-11-17)23-19(22-20)14-13-18-12-7-15-24-18/h1-15H. The molecule has 0 radical (unpaired) electrons. The van der Waals surface area contributed by atoms with Gasteiger partial charge in [0.1, 0.15) is 5.69 Å². The molecule has 0 aliphatic carbocycles. The molecule has 2 nitrogen and oxygen atoms in total. The predicted molar refractivity (Wildman–Crippen MR) is 101 cm³/mol. The van der Waals surface area contributed by atoms with Gasteiger partial charge in [-0.15, -0.1) is 11.3 Å². The second-order valence-corrected chi connectivity index (χ2v) is 6.29. The summed E-state index contributed by atoms with van der Waals surface area (Å²) in [6, 6.07) is 24.3. The Balaban J connectivity index is 1.79. The van der Waals surface area contributed by atoms with E-state index < -0.39 is 0 Å². The van der Waals surface area contributed by atoms with Crippen molar-refractivity contribution in [2.45, 2.75) is 0 Å². The molecular weight excluding hydrogens is 314 g/mol. The molecule has 0 saturated carbocycles. The average Bonchev–Trinajstić information content (AvgIpc) is 3.31. The van der Waals surface area contributed by atoms with E-state index in [9.17, 15) is 0 Å². The molecule has 2 heterocycles. The molecule has 0 N–H and O–H groups in total. The number of oxazole rings is 1. The van der Waals surface area contributed by atoms with Crippen LogP contribution in [0.5, 0.6) is 0 Å². The van der Waals surface area contributed by atoms with Crippen LogP contribution in [0.25, 0.3) is 34.7 Å². The van der Waals surface area contributed by atoms with Gasteiger partial charge in [0.05, 0.1) is 0 Å². The Labute approximate surface area is 144 Å². The van der Waals surface area contributed by atoms with Gasteiger partial charge in [0, 0.05) is 22.1 Å². The Morgan fingerprint density at radius 3 is 2.12 bits per heavy atom. The predicted octanol–water partition coefficient (Wildman–Crippen LogP) is 6.24. The largest absolute Gasteiger partial charge is 0.436 e. The maximum atomic E-state index is 6.06. The molecular formula is C21H15NOS. The number of aromatic nitrogens is 1. The highest BCUT2D eigenvalue weighted by atomic mass is 32.1. The topological polar surface area (TPSA) is 26.0 Å². The highest BCUT2D eigenvalue weighted by Crippen LogP contribution is 2.33. The SMILES string of the molecule is C(=Cc1cccs1)c1nc(-c2ccccc2)c(-c2ccccc2)o1. The fraction of sp³-hybridized carbons (Fsp3) is 0. The molecule has 4 rings (SSSR count). The fourth-order valence-electron chi connectivity index (χ4n) is 2.52. The lowest BCUT2D eigenvalue weighted by Gasteiger charge is -2.00. The van der Waals surface area contributed by atoms with Crippen LogP contribution in [0.2, 0.25) is 0 Å². The third-order valence-electron chi connectivity index (χ3n) is 3.66. The van der Waals surface area contributed by atoms with Gasteiger partial charge >= 0.3 is 0 Å². The smallest absolute Gasteiger partial charge is 0.220 e. The van der Waals surface area contributed by atoms with Gasteiger partial charge < -0.3 is 4.42 Å². The summed E-state index contributed by atoms with van der Waals surface area (Å²) in [7, 11) is 0. The van der Waals surface area contributed by atoms with Gasteiger partial charge in [-0.2, -0.15) is 0 Å². The van der Waals surface area contributed by atoms with Crippen LogP contribution in [0.3, 0.4) is 0 Å². The van der Waals surface area contributed by atoms with Crippen molar-refractivity contribution >= 4 is 23.5 Å². The fourth-order valence-corrected chi connectivity index (χ4v) is 3.14. The summed E-state index contributed by atoms with van der Waals surface area (Å²) in [4.78, 5) is 5.88. The zero-order valence-corrected chi connectivity index (χ0v) is 13.7. The summed E-state index contributed by atoms with van der Waals surface area (Å²) < 4.78 is 6.06. The molecule has 0 atom stereocenters. The van der Waals surface area contributed by atoms with E-state index in [-0.39, 0.29) is 0 Å². The second-order valence-electron chi connectivity index (χ2n) is 5.31. The van der Waals surface area contributed by atoms with Crippen molar-refractivity contribution in [3.8, 4) is 22.6 Å². The molecule has 24 heavy (non-hydrogen) atoms. The molecule has 4 aromatic rings. The van der Waals surface area contributed by atoms with E-state index in [0.717, 1.165) is 22.6 Å². The lowest BCUT2D eigenvalue weighted by molar-refractivity contribution is 0.561. The average molecular weight is 329 g/mol. The summed E-state index contributed by atoms with van der Waals surface area (Å²) >= 11 is 1.69. The van der Waals surface area contributed by atoms with Crippen LogP contribution in [-0.2, 0) is 0 Å². The Bertz CT molecular complexity index is 881. The number of rotatable bonds is 4. The van der Waals surface area contributed by atoms with E-state index >= 15 is 0 Å². The lowest BCUT2D eigenvalue weighted by Crippen LogP contribution is -1.81. The monoisotopic (exact) mass is 329 g/mol. The number of hydrogen-bond donors (Lipinski definition) is 0. The van der Waals surface area contributed by atoms with Crippen LogP contribution in [0.4, 0.5) is 0 Å². The number of hydrogen-bond acceptors (Lipinski definition) is 3. The first kappa shape index (κ1) is 14.7. The molecule has 0 spiro atoms. The van der Waals surface area contributed by atoms with Crippen molar-refractivity contribution in [2.75, 3.05) is 0 Å². The summed E-state index contributed by atoms with van der Waals surface area (Å²) in [5, 5.41) is 2.06. The molecule has 0 bridgehead atoms. The van der Waals surface area contributed by atoms with E-state index in [2.05, 4.69) is 23.6 Å². The first-order valence-electron chi connectivity index (χ1n) is 7.73. The quantitative estimate of drug-likeness (QED) is 0.443. The van der Waals surface area contributed by atoms with Crippen molar-refractivity contribution in [3.63, 3.8) is 0 Å². The van der Waals surface area contributed by atoms with Crippen LogP contribution >= 0.6 is 11.3 Å². The molecule has 116 valence electrons. The Kier molecular flexibility index (Phi) is 4.09. The van der Waals surface area contributed by atoms with E-state index in [1.54, 1.807) is 11.3 Å². The molecule has 0 unspecified atom stereocenters. The van der Waals surface area contributed by atoms with Crippen molar-refractivity contribution in [2.24, 2.45) is 0 Å². The van der Waals surface area contributed by atoms with Crippen molar-refractivity contribution < 1.29 is 4.42 Å². The van der Waals surface area contributed by atoms with Gasteiger partial charge in [0.2, 0.25) is 5.89 Å². The minimum absolute atomic E-state index is 0.612. The Morgan fingerprint density at radius 1 is 0.750 bits per heavy atom. The molecule has 0 aliphatic rings. The normalized spacial score (nSPS) is 11.2. The number of benzene rings is 2. The zero-order valence-electron chi connectivity index (χ0n) is 12.9. The molecule has 0 amide bonds. The first-order valence-corrected chi connectivity index (χ1v) is 8.61. The van der Waals surface area contributed by atoms with Gasteiger partial charge in [0.15, 0.2) is 5.76 Å². The summed E-state index contributed by atoms with van der Waals surface area (Å²) in [6.07, 6.45) is 3.95. The molecule has 0 fully saturated rings. The van der Waals surface area contributed by atoms with E-state index in [1.165, 1.54) is 4.88 Å². The maximum Gasteiger partial charge on any atom is 0.220 e. The van der Waals surface area contributed by atoms with Crippen LogP contribution in [0.15, 0.2) is 82.6 Å². The summed E-state index contributed by atoms with van der Waals surface area (Å²) in [6.45, 7) is 0. The zero-order chi connectivity index (χ0) is 16.2. The maximum absolute atomic E-state index is 6.06. The molecule has 0 aliphatic heterocycles. The second kappa shape index (κ2) is 6.69. The lowest BCUT2D eigenvalue weighted by atomic mass is 10.1. The molecule has 2 aromatic carbocycles. The third-order valence-corrected chi connectivity index (χ3v) is 4.50. The highest BCUT2D eigenvalue weighted by molar-refractivity contribution is 7.10. The number of thiophene rings is 1. The van der Waals surface area contributed by atoms with Gasteiger partial charge in [-0.3, -0.25) is 0 Å². The first-order chi connectivity index (χ1) is 11.9. The third kappa shape index (κ3) is 3.07. The van der Waals surface area contributed by atoms with Gasteiger partial charge in [-0.1, -0.05) is 66.7 Å². The molecule has 2 aromatic heterocycles. The van der Waals surface area contributed by atoms with Gasteiger partial charge in [0.25, 0.3) is 0 Å². The number of nitrogens with zero attached hydrogens (tertiary/aromatic N) is 1. The van der Waals surface area contributed by atoms with E-state index in [4.69, 9.17) is 9.40 Å². The Morgan fingerprint density at radius 2 is 1.46 bits per heavy atom. The van der Waals surface area contributed by atoms with Crippen LogP contribution in [0.1, 0.15) is 10.8 Å². The Hall–Kier alpha value is -2.91. The van der Waals surface area contributed by atoms with Gasteiger partial charge in [-0.25, -0.2) is 4.98 Å². The molecule has 0 saturated heterocycles. The van der Waals surface area contributed by atoms with Crippen molar-refractivity contribution in [1.29, 1.82) is 0 Å².